The number of aromatic nitrogens is 1. The van der Waals surface area contributed by atoms with Crippen LogP contribution in [0.1, 0.15) is 0 Å². The Balaban J connectivity index is 2.32. The molecule has 2 aromatic carbocycles. The lowest BCUT2D eigenvalue weighted by Gasteiger charge is -2.02. The predicted molar refractivity (Wildman–Crippen MR) is 70.7 cm³/mol. The predicted octanol–water partition coefficient (Wildman–Crippen LogP) is 3.65. The molecular formula is C14H7ClFNO2. The lowest BCUT2D eigenvalue weighted by Crippen LogP contribution is -2.03. The number of halogens is 2. The summed E-state index contributed by atoms with van der Waals surface area (Å²) in [4.78, 5) is 16.0. The topological polar surface area (TPSA) is 43.1 Å². The summed E-state index contributed by atoms with van der Waals surface area (Å²) in [6, 6.07) is 10.6. The van der Waals surface area contributed by atoms with E-state index < -0.39 is 11.4 Å². The van der Waals surface area contributed by atoms with Crippen LogP contribution in [0.4, 0.5) is 4.39 Å². The van der Waals surface area contributed by atoms with Crippen LogP contribution >= 0.6 is 11.6 Å². The molecule has 1 heterocycles. The molecule has 0 aliphatic heterocycles. The molecule has 3 rings (SSSR count). The van der Waals surface area contributed by atoms with Crippen LogP contribution in [0.15, 0.2) is 51.7 Å². The van der Waals surface area contributed by atoms with Crippen LogP contribution in [0.2, 0.25) is 5.02 Å². The number of nitrogens with zero attached hydrogens (tertiary/aromatic N) is 1. The molecular weight excluding hydrogens is 269 g/mol. The van der Waals surface area contributed by atoms with E-state index >= 15 is 0 Å². The van der Waals surface area contributed by atoms with Crippen molar-refractivity contribution in [1.82, 2.24) is 4.98 Å². The highest BCUT2D eigenvalue weighted by Gasteiger charge is 2.12. The van der Waals surface area contributed by atoms with Gasteiger partial charge in [0.05, 0.1) is 16.5 Å². The molecule has 0 atom stereocenters. The summed E-state index contributed by atoms with van der Waals surface area (Å²) in [5, 5.41) is 0.759. The van der Waals surface area contributed by atoms with E-state index in [9.17, 15) is 9.18 Å². The van der Waals surface area contributed by atoms with Crippen LogP contribution in [0, 0.1) is 5.82 Å². The van der Waals surface area contributed by atoms with Crippen LogP contribution in [0.5, 0.6) is 0 Å². The molecule has 5 heteroatoms. The number of benzene rings is 2. The van der Waals surface area contributed by atoms with Crippen LogP contribution < -0.4 is 5.63 Å². The van der Waals surface area contributed by atoms with Crippen molar-refractivity contribution in [3.8, 4) is 11.5 Å². The summed E-state index contributed by atoms with van der Waals surface area (Å²) in [7, 11) is 0. The summed E-state index contributed by atoms with van der Waals surface area (Å²) >= 11 is 5.85. The van der Waals surface area contributed by atoms with Gasteiger partial charge in [0.15, 0.2) is 0 Å². The summed E-state index contributed by atoms with van der Waals surface area (Å²) in [6.07, 6.45) is 0. The van der Waals surface area contributed by atoms with Gasteiger partial charge < -0.3 is 4.42 Å². The molecule has 0 fully saturated rings. The fourth-order valence-electron chi connectivity index (χ4n) is 1.79. The van der Waals surface area contributed by atoms with E-state index in [4.69, 9.17) is 16.0 Å². The van der Waals surface area contributed by atoms with Gasteiger partial charge >= 0.3 is 5.63 Å². The minimum atomic E-state index is -0.570. The van der Waals surface area contributed by atoms with Gasteiger partial charge in [0.1, 0.15) is 5.82 Å². The molecule has 94 valence electrons. The third-order valence-electron chi connectivity index (χ3n) is 2.70. The molecule has 0 bridgehead atoms. The first kappa shape index (κ1) is 11.9. The van der Waals surface area contributed by atoms with Crippen molar-refractivity contribution in [2.45, 2.75) is 0 Å². The van der Waals surface area contributed by atoms with E-state index in [1.807, 2.05) is 0 Å². The van der Waals surface area contributed by atoms with Gasteiger partial charge in [-0.3, -0.25) is 0 Å². The van der Waals surface area contributed by atoms with Gasteiger partial charge in [-0.1, -0.05) is 23.7 Å². The van der Waals surface area contributed by atoms with Gasteiger partial charge in [0.25, 0.3) is 0 Å². The van der Waals surface area contributed by atoms with Crippen LogP contribution in [0.3, 0.4) is 0 Å². The highest BCUT2D eigenvalue weighted by atomic mass is 35.5. The Labute approximate surface area is 112 Å². The normalized spacial score (nSPS) is 10.8. The average molecular weight is 276 g/mol. The molecule has 0 aliphatic rings. The van der Waals surface area contributed by atoms with E-state index in [0.29, 0.717) is 15.9 Å². The molecule has 0 saturated carbocycles. The molecule has 3 nitrogen and oxygen atoms in total. The number of hydrogen-bond donors (Lipinski definition) is 0. The zero-order valence-corrected chi connectivity index (χ0v) is 10.3. The summed E-state index contributed by atoms with van der Waals surface area (Å²) in [5.41, 5.74) is -0.0524. The zero-order chi connectivity index (χ0) is 13.4. The first-order valence-electron chi connectivity index (χ1n) is 5.50. The van der Waals surface area contributed by atoms with Crippen molar-refractivity contribution in [2.75, 3.05) is 0 Å². The monoisotopic (exact) mass is 275 g/mol. The van der Waals surface area contributed by atoms with Gasteiger partial charge in [-0.2, -0.15) is 0 Å². The molecule has 19 heavy (non-hydrogen) atoms. The standard InChI is InChI=1S/C14H7ClFNO2/c15-8-5-6-10-12(7-8)17-13(19-14(10)18)9-3-1-2-4-11(9)16/h1-7H. The summed E-state index contributed by atoms with van der Waals surface area (Å²) in [5.74, 6) is -0.558. The van der Waals surface area contributed by atoms with Crippen molar-refractivity contribution in [3.63, 3.8) is 0 Å². The lowest BCUT2D eigenvalue weighted by molar-refractivity contribution is 0.511. The zero-order valence-electron chi connectivity index (χ0n) is 9.56. The summed E-state index contributed by atoms with van der Waals surface area (Å²) in [6.45, 7) is 0. The van der Waals surface area contributed by atoms with Gasteiger partial charge in [-0.25, -0.2) is 14.2 Å². The van der Waals surface area contributed by atoms with Crippen molar-refractivity contribution < 1.29 is 8.81 Å². The molecule has 0 unspecified atom stereocenters. The maximum atomic E-state index is 13.7. The second kappa shape index (κ2) is 4.48. The first-order valence-corrected chi connectivity index (χ1v) is 5.88. The number of fused-ring (bicyclic) bond motifs is 1. The third kappa shape index (κ3) is 2.11. The quantitative estimate of drug-likeness (QED) is 0.681. The Morgan fingerprint density at radius 2 is 1.95 bits per heavy atom. The molecule has 1 aromatic heterocycles. The molecule has 0 aliphatic carbocycles. The van der Waals surface area contributed by atoms with Crippen LogP contribution in [0.25, 0.3) is 22.4 Å². The van der Waals surface area contributed by atoms with Crippen molar-refractivity contribution in [3.05, 3.63) is 63.7 Å². The largest absolute Gasteiger partial charge is 0.403 e. The Kier molecular flexibility index (Phi) is 2.80. The molecule has 0 spiro atoms. The lowest BCUT2D eigenvalue weighted by atomic mass is 10.2. The average Bonchev–Trinajstić information content (AvgIpc) is 2.38. The smallest absolute Gasteiger partial charge is 0.347 e. The minimum absolute atomic E-state index is 0.0575. The molecule has 0 radical (unpaired) electrons. The van der Waals surface area contributed by atoms with Crippen LogP contribution in [-0.4, -0.2) is 4.98 Å². The Morgan fingerprint density at radius 3 is 2.74 bits per heavy atom. The maximum Gasteiger partial charge on any atom is 0.347 e. The van der Waals surface area contributed by atoms with Gasteiger partial charge in [0, 0.05) is 5.02 Å². The van der Waals surface area contributed by atoms with E-state index in [0.717, 1.165) is 0 Å². The Morgan fingerprint density at radius 1 is 1.16 bits per heavy atom. The molecule has 0 N–H and O–H groups in total. The minimum Gasteiger partial charge on any atom is -0.403 e. The van der Waals surface area contributed by atoms with Crippen molar-refractivity contribution >= 4 is 22.5 Å². The van der Waals surface area contributed by atoms with E-state index in [2.05, 4.69) is 4.98 Å². The Hall–Kier alpha value is -2.20. The highest BCUT2D eigenvalue weighted by Crippen LogP contribution is 2.22. The third-order valence-corrected chi connectivity index (χ3v) is 2.93. The second-order valence-corrected chi connectivity index (χ2v) is 4.38. The SMILES string of the molecule is O=c1oc(-c2ccccc2F)nc2cc(Cl)ccc12. The van der Waals surface area contributed by atoms with Crippen molar-refractivity contribution in [2.24, 2.45) is 0 Å². The highest BCUT2D eigenvalue weighted by molar-refractivity contribution is 6.31. The van der Waals surface area contributed by atoms with E-state index in [1.54, 1.807) is 18.2 Å². The fourth-order valence-corrected chi connectivity index (χ4v) is 1.96. The van der Waals surface area contributed by atoms with Gasteiger partial charge in [0.2, 0.25) is 5.89 Å². The summed E-state index contributed by atoms with van der Waals surface area (Å²) < 4.78 is 18.7. The second-order valence-electron chi connectivity index (χ2n) is 3.95. The maximum absolute atomic E-state index is 13.7. The van der Waals surface area contributed by atoms with E-state index in [-0.39, 0.29) is 11.5 Å². The van der Waals surface area contributed by atoms with Crippen LogP contribution in [-0.2, 0) is 0 Å². The first-order chi connectivity index (χ1) is 9.15. The van der Waals surface area contributed by atoms with E-state index in [1.165, 1.54) is 24.3 Å². The van der Waals surface area contributed by atoms with Gasteiger partial charge in [-0.15, -0.1) is 0 Å². The Bertz CT molecular complexity index is 829. The molecule has 0 saturated heterocycles. The number of rotatable bonds is 1. The van der Waals surface area contributed by atoms with Crippen molar-refractivity contribution in [1.29, 1.82) is 0 Å². The van der Waals surface area contributed by atoms with Gasteiger partial charge in [-0.05, 0) is 30.3 Å². The number of hydrogen-bond acceptors (Lipinski definition) is 3. The molecule has 0 amide bonds. The fraction of sp³-hybridized carbons (Fsp3) is 0. The molecule has 3 aromatic rings.